The number of aryl methyl sites for hydroxylation is 1. The van der Waals surface area contributed by atoms with E-state index in [1.165, 1.54) is 11.1 Å². The van der Waals surface area contributed by atoms with Gasteiger partial charge in [-0.1, -0.05) is 13.0 Å². The van der Waals surface area contributed by atoms with Crippen molar-refractivity contribution in [3.8, 4) is 5.75 Å². The molecule has 0 radical (unpaired) electrons. The van der Waals surface area contributed by atoms with Gasteiger partial charge in [-0.3, -0.25) is 4.57 Å². The summed E-state index contributed by atoms with van der Waals surface area (Å²) in [5.41, 5.74) is 2.54. The predicted octanol–water partition coefficient (Wildman–Crippen LogP) is 3.82. The third kappa shape index (κ3) is 4.35. The van der Waals surface area contributed by atoms with Crippen LogP contribution in [0.15, 0.2) is 18.2 Å². The Kier molecular flexibility index (Phi) is 5.87. The summed E-state index contributed by atoms with van der Waals surface area (Å²) in [4.78, 5) is 12.5. The molecule has 3 aliphatic carbocycles. The van der Waals surface area contributed by atoms with Gasteiger partial charge in [0.05, 0.1) is 27.2 Å². The molecule has 0 aliphatic heterocycles. The molecule has 0 heterocycles. The molecular weight excluding hydrogens is 401 g/mol. The monoisotopic (exact) mass is 437 g/mol. The Bertz CT molecular complexity index is 837. The molecule has 7 heteroatoms. The molecule has 0 amide bonds. The van der Waals surface area contributed by atoms with Gasteiger partial charge in [0.15, 0.2) is 0 Å². The summed E-state index contributed by atoms with van der Waals surface area (Å²) < 4.78 is 24.0. The van der Waals surface area contributed by atoms with Crippen molar-refractivity contribution >= 4 is 7.82 Å². The summed E-state index contributed by atoms with van der Waals surface area (Å²) in [6.45, 7) is 2.98. The number of phenols is 1. The maximum absolute atomic E-state index is 12.5. The maximum Gasteiger partial charge on any atom is 0.268 e. The van der Waals surface area contributed by atoms with Crippen molar-refractivity contribution in [2.24, 2.45) is 17.3 Å². The van der Waals surface area contributed by atoms with E-state index in [2.05, 4.69) is 13.0 Å². The van der Waals surface area contributed by atoms with Crippen molar-refractivity contribution in [2.75, 3.05) is 34.3 Å². The van der Waals surface area contributed by atoms with Crippen molar-refractivity contribution in [3.63, 3.8) is 0 Å². The number of hydrogen-bond donors (Lipinski definition) is 1. The highest BCUT2D eigenvalue weighted by Crippen LogP contribution is 2.63. The fourth-order valence-corrected chi connectivity index (χ4v) is 7.33. The largest absolute Gasteiger partial charge is 0.756 e. The Morgan fingerprint density at radius 3 is 2.73 bits per heavy atom. The third-order valence-electron chi connectivity index (χ3n) is 7.89. The van der Waals surface area contributed by atoms with E-state index in [0.717, 1.165) is 38.5 Å². The van der Waals surface area contributed by atoms with Gasteiger partial charge in [0.2, 0.25) is 0 Å². The van der Waals surface area contributed by atoms with E-state index in [9.17, 15) is 14.6 Å². The first-order valence-corrected chi connectivity index (χ1v) is 12.7. The molecule has 0 spiro atoms. The van der Waals surface area contributed by atoms with Gasteiger partial charge in [0, 0.05) is 0 Å². The number of rotatable bonds is 6. The Morgan fingerprint density at radius 2 is 2.00 bits per heavy atom. The van der Waals surface area contributed by atoms with Crippen LogP contribution in [0.3, 0.4) is 0 Å². The van der Waals surface area contributed by atoms with Crippen LogP contribution in [0, 0.1) is 17.3 Å². The molecule has 0 bridgehead atoms. The highest BCUT2D eigenvalue weighted by molar-refractivity contribution is 7.45. The number of phenolic OH excluding ortho intramolecular Hbond substituents is 1. The summed E-state index contributed by atoms with van der Waals surface area (Å²) in [5, 5.41) is 9.84. The van der Waals surface area contributed by atoms with Crippen molar-refractivity contribution in [1.29, 1.82) is 0 Å². The van der Waals surface area contributed by atoms with Gasteiger partial charge in [-0.15, -0.1) is 0 Å². The fourth-order valence-electron chi connectivity index (χ4n) is 6.31. The minimum Gasteiger partial charge on any atom is -0.756 e. The van der Waals surface area contributed by atoms with Gasteiger partial charge in [0.25, 0.3) is 7.82 Å². The molecule has 2 saturated carbocycles. The molecule has 30 heavy (non-hydrogen) atoms. The quantitative estimate of drug-likeness (QED) is 0.541. The normalized spacial score (nSPS) is 35.2. The number of nitrogens with zero attached hydrogens (tertiary/aromatic N) is 1. The molecular formula is C23H36NO5P. The van der Waals surface area contributed by atoms with E-state index in [4.69, 9.17) is 9.05 Å². The number of hydrogen-bond acceptors (Lipinski definition) is 5. The zero-order valence-corrected chi connectivity index (χ0v) is 19.6. The van der Waals surface area contributed by atoms with Gasteiger partial charge < -0.3 is 23.5 Å². The predicted molar refractivity (Wildman–Crippen MR) is 114 cm³/mol. The van der Waals surface area contributed by atoms with Crippen LogP contribution in [-0.2, 0) is 20.0 Å². The smallest absolute Gasteiger partial charge is 0.268 e. The van der Waals surface area contributed by atoms with Crippen molar-refractivity contribution < 1.29 is 28.1 Å². The second-order valence-corrected chi connectivity index (χ2v) is 12.2. The lowest BCUT2D eigenvalue weighted by molar-refractivity contribution is -0.870. The molecule has 1 N–H and O–H groups in total. The van der Waals surface area contributed by atoms with Crippen LogP contribution >= 0.6 is 7.82 Å². The molecule has 1 aromatic carbocycles. The standard InChI is InChI=1S/C23H36NO5P/c1-23-12-11-19-18-8-6-17(25)15-16(18)5-7-20(19)21(23)9-10-22(23)29-30(26,27)28-14-13-24(2,3)4/h6,8,15,19-22H,5,7,9-14H2,1-4H3,(H-,25,26,27)/t19-,20-,21+,22+,23+/m1/s1. The number of benzene rings is 1. The first-order valence-electron chi connectivity index (χ1n) is 11.2. The summed E-state index contributed by atoms with van der Waals surface area (Å²) in [7, 11) is 1.70. The zero-order valence-electron chi connectivity index (χ0n) is 18.7. The second kappa shape index (κ2) is 7.90. The van der Waals surface area contributed by atoms with E-state index in [-0.39, 0.29) is 18.1 Å². The number of quaternary nitrogens is 1. The lowest BCUT2D eigenvalue weighted by Crippen LogP contribution is -2.44. The first kappa shape index (κ1) is 22.3. The highest BCUT2D eigenvalue weighted by Gasteiger charge is 2.56. The lowest BCUT2D eigenvalue weighted by atomic mass is 9.55. The van der Waals surface area contributed by atoms with E-state index >= 15 is 0 Å². The van der Waals surface area contributed by atoms with E-state index < -0.39 is 7.82 Å². The van der Waals surface area contributed by atoms with Gasteiger partial charge >= 0.3 is 0 Å². The first-order chi connectivity index (χ1) is 14.0. The average Bonchev–Trinajstić information content (AvgIpc) is 2.96. The molecule has 2 fully saturated rings. The minimum absolute atomic E-state index is 0.126. The average molecular weight is 438 g/mol. The Morgan fingerprint density at radius 1 is 1.23 bits per heavy atom. The van der Waals surface area contributed by atoms with Crippen LogP contribution in [0.2, 0.25) is 0 Å². The number of phosphoric acid groups is 1. The molecule has 0 saturated heterocycles. The van der Waals surface area contributed by atoms with E-state index in [1.54, 1.807) is 6.07 Å². The molecule has 6 nitrogen and oxygen atoms in total. The number of phosphoric ester groups is 1. The summed E-state index contributed by atoms with van der Waals surface area (Å²) in [5.74, 6) is 1.87. The molecule has 0 aromatic heterocycles. The van der Waals surface area contributed by atoms with Crippen LogP contribution in [0.4, 0.5) is 0 Å². The van der Waals surface area contributed by atoms with Crippen molar-refractivity contribution in [1.82, 2.24) is 0 Å². The summed E-state index contributed by atoms with van der Waals surface area (Å²) in [6.07, 6.45) is 5.58. The fraction of sp³-hybridized carbons (Fsp3) is 0.739. The van der Waals surface area contributed by atoms with E-state index in [0.29, 0.717) is 34.5 Å². The van der Waals surface area contributed by atoms with Crippen LogP contribution in [0.1, 0.15) is 56.1 Å². The Labute approximate surface area is 180 Å². The molecule has 1 aromatic rings. The number of likely N-dealkylation sites (N-methyl/N-ethyl adjacent to an activating group) is 1. The van der Waals surface area contributed by atoms with Crippen LogP contribution in [-0.4, -0.2) is 50.0 Å². The minimum atomic E-state index is -4.32. The summed E-state index contributed by atoms with van der Waals surface area (Å²) >= 11 is 0. The molecule has 1 unspecified atom stereocenters. The van der Waals surface area contributed by atoms with Gasteiger partial charge in [-0.25, -0.2) is 0 Å². The second-order valence-electron chi connectivity index (χ2n) is 10.8. The van der Waals surface area contributed by atoms with Crippen LogP contribution in [0.25, 0.3) is 0 Å². The van der Waals surface area contributed by atoms with Crippen molar-refractivity contribution in [3.05, 3.63) is 29.3 Å². The topological polar surface area (TPSA) is 78.8 Å². The Hall–Kier alpha value is -0.910. The van der Waals surface area contributed by atoms with Crippen LogP contribution < -0.4 is 4.89 Å². The SMILES string of the molecule is C[C@]12CC[C@@H]3c4ccc(O)cc4CC[C@H]3[C@@H]1CC[C@@H]2OP(=O)([O-])OCC[N+](C)(C)C. The highest BCUT2D eigenvalue weighted by atomic mass is 31.2. The van der Waals surface area contributed by atoms with Crippen LogP contribution in [0.5, 0.6) is 5.75 Å². The molecule has 4 rings (SSSR count). The van der Waals surface area contributed by atoms with Gasteiger partial charge in [0.1, 0.15) is 18.9 Å². The molecule has 3 aliphatic rings. The molecule has 6 atom stereocenters. The Balaban J connectivity index is 1.45. The zero-order chi connectivity index (χ0) is 21.7. The van der Waals surface area contributed by atoms with Gasteiger partial charge in [-0.05, 0) is 85.0 Å². The number of aromatic hydroxyl groups is 1. The maximum atomic E-state index is 12.5. The summed E-state index contributed by atoms with van der Waals surface area (Å²) in [6, 6.07) is 5.82. The van der Waals surface area contributed by atoms with Crippen molar-refractivity contribution in [2.45, 2.75) is 57.5 Å². The molecule has 168 valence electrons. The van der Waals surface area contributed by atoms with E-state index in [1.807, 2.05) is 27.2 Å². The van der Waals surface area contributed by atoms with Gasteiger partial charge in [-0.2, -0.15) is 0 Å². The number of fused-ring (bicyclic) bond motifs is 5. The lowest BCUT2D eigenvalue weighted by Gasteiger charge is -2.51. The third-order valence-corrected chi connectivity index (χ3v) is 8.90.